The summed E-state index contributed by atoms with van der Waals surface area (Å²) in [5, 5.41) is 38.2. The summed E-state index contributed by atoms with van der Waals surface area (Å²) in [5.41, 5.74) is 6.49. The van der Waals surface area contributed by atoms with Gasteiger partial charge in [0, 0.05) is 44.0 Å². The molecule has 0 saturated carbocycles. The second-order valence-corrected chi connectivity index (χ2v) is 8.71. The van der Waals surface area contributed by atoms with Crippen LogP contribution in [-0.2, 0) is 4.84 Å². The summed E-state index contributed by atoms with van der Waals surface area (Å²) in [4.78, 5) is 18.7. The van der Waals surface area contributed by atoms with Crippen LogP contribution in [0, 0.1) is 4.91 Å². The molecule has 0 fully saturated rings. The zero-order valence-electron chi connectivity index (χ0n) is 24.1. The normalized spacial score (nSPS) is 10.8. The van der Waals surface area contributed by atoms with Crippen molar-refractivity contribution in [2.75, 3.05) is 83.2 Å². The van der Waals surface area contributed by atoms with Gasteiger partial charge in [-0.05, 0) is 30.3 Å². The number of ether oxygens (including phenoxy) is 3. The molecule has 14 heteroatoms. The molecule has 0 spiro atoms. The lowest BCUT2D eigenvalue weighted by Crippen LogP contribution is -2.30. The smallest absolute Gasteiger partial charge is 0.320 e. The maximum absolute atomic E-state index is 11.9. The van der Waals surface area contributed by atoms with Crippen LogP contribution in [0.3, 0.4) is 0 Å². The van der Waals surface area contributed by atoms with E-state index < -0.39 is 0 Å². The number of nitrogens with one attached hydrogen (secondary N) is 1. The van der Waals surface area contributed by atoms with Gasteiger partial charge in [0.05, 0.1) is 50.7 Å². The van der Waals surface area contributed by atoms with E-state index in [2.05, 4.69) is 20.5 Å². The van der Waals surface area contributed by atoms with Crippen molar-refractivity contribution in [1.82, 2.24) is 0 Å². The summed E-state index contributed by atoms with van der Waals surface area (Å²) >= 11 is 0. The van der Waals surface area contributed by atoms with Crippen LogP contribution in [-0.4, -0.2) is 88.1 Å². The minimum atomic E-state index is -0.226. The Kier molecular flexibility index (Phi) is 12.1. The van der Waals surface area contributed by atoms with Crippen molar-refractivity contribution >= 4 is 34.1 Å². The summed E-state index contributed by atoms with van der Waals surface area (Å²) in [6.45, 7) is 0.581. The minimum absolute atomic E-state index is 0.00482. The molecule has 0 unspecified atom stereocenters. The van der Waals surface area contributed by atoms with E-state index in [1.54, 1.807) is 23.2 Å². The van der Waals surface area contributed by atoms with Crippen molar-refractivity contribution in [1.29, 1.82) is 0 Å². The van der Waals surface area contributed by atoms with Crippen molar-refractivity contribution in [2.24, 2.45) is 10.2 Å². The number of aliphatic hydroxyl groups excluding tert-OH is 3. The molecule has 4 N–H and O–H groups in total. The highest BCUT2D eigenvalue weighted by Crippen LogP contribution is 2.40. The lowest BCUT2D eigenvalue weighted by Gasteiger charge is -2.26. The van der Waals surface area contributed by atoms with E-state index in [0.29, 0.717) is 46.6 Å². The van der Waals surface area contributed by atoms with Gasteiger partial charge in [-0.15, -0.1) is 10.2 Å². The summed E-state index contributed by atoms with van der Waals surface area (Å²) in [6, 6.07) is 15.5. The number of azo groups is 1. The van der Waals surface area contributed by atoms with E-state index in [4.69, 9.17) is 14.2 Å². The van der Waals surface area contributed by atoms with Crippen LogP contribution in [0.4, 0.5) is 34.1 Å². The maximum Gasteiger partial charge on any atom is 0.320 e. The van der Waals surface area contributed by atoms with Crippen molar-refractivity contribution in [2.45, 2.75) is 0 Å². The molecule has 3 rings (SSSR count). The Hall–Kier alpha value is -4.66. The standard InChI is InChI=1S/C28H37N6O8/c1-32(20-5-7-21(8-6-20)33(11-13-35)12-14-36)31-25-19-26(39-2)24(18-27(25)40-3)30-29-23-10-9-22(34(38)41-4)17-28(23)42-16-15-37/h5-10,17-19,31,35-37H,11-16H2,1-4H3/q+1. The summed E-state index contributed by atoms with van der Waals surface area (Å²) in [7, 11) is 6.13. The zero-order valence-corrected chi connectivity index (χ0v) is 24.1. The van der Waals surface area contributed by atoms with Gasteiger partial charge in [0.2, 0.25) is 0 Å². The topological polar surface area (TPSA) is 161 Å². The molecule has 0 radical (unpaired) electrons. The number of hydrazine groups is 1. The van der Waals surface area contributed by atoms with Gasteiger partial charge in [-0.25, -0.2) is 4.84 Å². The molecule has 0 bridgehead atoms. The first-order valence-corrected chi connectivity index (χ1v) is 13.0. The molecular weight excluding hydrogens is 548 g/mol. The van der Waals surface area contributed by atoms with Crippen LogP contribution >= 0.6 is 0 Å². The van der Waals surface area contributed by atoms with E-state index in [0.717, 1.165) is 11.4 Å². The number of hydrogen-bond acceptors (Lipinski definition) is 13. The predicted molar refractivity (Wildman–Crippen MR) is 158 cm³/mol. The molecule has 0 aliphatic rings. The van der Waals surface area contributed by atoms with Gasteiger partial charge in [0.25, 0.3) is 4.92 Å². The number of hydrogen-bond donors (Lipinski definition) is 4. The molecular formula is C28H37N6O8+. The van der Waals surface area contributed by atoms with Crippen molar-refractivity contribution in [3.05, 3.63) is 59.5 Å². The molecule has 0 aromatic heterocycles. The van der Waals surface area contributed by atoms with Gasteiger partial charge >= 0.3 is 5.69 Å². The molecule has 14 nitrogen and oxygen atoms in total. The van der Waals surface area contributed by atoms with Gasteiger partial charge < -0.3 is 34.4 Å². The van der Waals surface area contributed by atoms with Gasteiger partial charge in [0.1, 0.15) is 35.2 Å². The number of nitrogens with zero attached hydrogens (tertiary/aromatic N) is 5. The highest BCUT2D eigenvalue weighted by atomic mass is 16.8. The molecule has 42 heavy (non-hydrogen) atoms. The second kappa shape index (κ2) is 16.0. The Labute approximate surface area is 243 Å². The summed E-state index contributed by atoms with van der Waals surface area (Å²) < 4.78 is 16.7. The van der Waals surface area contributed by atoms with E-state index in [9.17, 15) is 20.2 Å². The fraction of sp³-hybridized carbons (Fsp3) is 0.357. The summed E-state index contributed by atoms with van der Waals surface area (Å²) in [5.74, 6) is 1.12. The third-order valence-corrected chi connectivity index (χ3v) is 6.07. The SMILES string of the molecule is COc1cc(NN(C)c2ccc(N(CCO)CCO)cc2)c(OC)cc1N=Nc1ccc([N+](=O)OC)cc1OCCO. The highest BCUT2D eigenvalue weighted by molar-refractivity contribution is 5.71. The Morgan fingerprint density at radius 2 is 1.43 bits per heavy atom. The third-order valence-electron chi connectivity index (χ3n) is 6.07. The quantitative estimate of drug-likeness (QED) is 0.135. The molecule has 0 aliphatic heterocycles. The first-order valence-electron chi connectivity index (χ1n) is 13.0. The molecule has 226 valence electrons. The van der Waals surface area contributed by atoms with Crippen LogP contribution in [0.15, 0.2) is 64.8 Å². The van der Waals surface area contributed by atoms with Crippen LogP contribution in [0.2, 0.25) is 0 Å². The van der Waals surface area contributed by atoms with Crippen molar-refractivity contribution < 1.29 is 39.3 Å². The first-order chi connectivity index (χ1) is 20.4. The molecule has 3 aromatic carbocycles. The Balaban J connectivity index is 1.85. The monoisotopic (exact) mass is 585 g/mol. The number of rotatable bonds is 17. The summed E-state index contributed by atoms with van der Waals surface area (Å²) in [6.07, 6.45) is 0. The van der Waals surface area contributed by atoms with E-state index in [1.165, 1.54) is 33.5 Å². The number of methoxy groups -OCH3 is 2. The maximum atomic E-state index is 11.9. The Morgan fingerprint density at radius 1 is 0.786 bits per heavy atom. The predicted octanol–water partition coefficient (Wildman–Crippen LogP) is 3.72. The van der Waals surface area contributed by atoms with Crippen molar-refractivity contribution in [3.8, 4) is 17.2 Å². The lowest BCUT2D eigenvalue weighted by atomic mass is 10.2. The average Bonchev–Trinajstić information content (AvgIpc) is 3.02. The lowest BCUT2D eigenvalue weighted by molar-refractivity contribution is -0.736. The van der Waals surface area contributed by atoms with Gasteiger partial charge in [-0.3, -0.25) is 10.4 Å². The second-order valence-electron chi connectivity index (χ2n) is 8.71. The first kappa shape index (κ1) is 31.9. The van der Waals surface area contributed by atoms with Crippen LogP contribution < -0.4 is 29.5 Å². The van der Waals surface area contributed by atoms with Crippen LogP contribution in [0.5, 0.6) is 17.2 Å². The molecule has 0 aliphatic carbocycles. The largest absolute Gasteiger partial charge is 0.494 e. The fourth-order valence-corrected chi connectivity index (χ4v) is 3.97. The minimum Gasteiger partial charge on any atom is -0.494 e. The van der Waals surface area contributed by atoms with Gasteiger partial charge in [0.15, 0.2) is 12.9 Å². The Bertz CT molecular complexity index is 1330. The zero-order chi connectivity index (χ0) is 30.5. The number of benzene rings is 3. The van der Waals surface area contributed by atoms with Crippen LogP contribution in [0.1, 0.15) is 0 Å². The molecule has 0 heterocycles. The van der Waals surface area contributed by atoms with Crippen LogP contribution in [0.25, 0.3) is 0 Å². The fourth-order valence-electron chi connectivity index (χ4n) is 3.97. The van der Waals surface area contributed by atoms with Gasteiger partial charge in [-0.2, -0.15) is 0 Å². The third kappa shape index (κ3) is 8.19. The Morgan fingerprint density at radius 3 is 2.02 bits per heavy atom. The molecule has 0 amide bonds. The highest BCUT2D eigenvalue weighted by Gasteiger charge is 2.19. The average molecular weight is 586 g/mol. The molecule has 3 aromatic rings. The van der Waals surface area contributed by atoms with E-state index in [1.807, 2.05) is 36.2 Å². The van der Waals surface area contributed by atoms with E-state index in [-0.39, 0.29) is 37.9 Å². The van der Waals surface area contributed by atoms with Gasteiger partial charge in [-0.1, -0.05) is 0 Å². The van der Waals surface area contributed by atoms with E-state index >= 15 is 0 Å². The molecule has 0 atom stereocenters. The number of anilines is 3. The van der Waals surface area contributed by atoms with Crippen molar-refractivity contribution in [3.63, 3.8) is 0 Å². The molecule has 0 saturated heterocycles. The number of aliphatic hydroxyl groups is 3.